The van der Waals surface area contributed by atoms with Crippen molar-refractivity contribution in [3.8, 4) is 0 Å². The molecule has 1 aromatic rings. The highest BCUT2D eigenvalue weighted by Gasteiger charge is 2.28. The van der Waals surface area contributed by atoms with Gasteiger partial charge in [-0.15, -0.1) is 0 Å². The highest BCUT2D eigenvalue weighted by Crippen LogP contribution is 2.27. The Morgan fingerprint density at radius 2 is 1.67 bits per heavy atom. The van der Waals surface area contributed by atoms with Crippen molar-refractivity contribution >= 4 is 5.91 Å². The highest BCUT2D eigenvalue weighted by atomic mass is 16.2. The Labute approximate surface area is 164 Å². The van der Waals surface area contributed by atoms with E-state index in [0.29, 0.717) is 18.4 Å². The van der Waals surface area contributed by atoms with E-state index in [-0.39, 0.29) is 0 Å². The van der Waals surface area contributed by atoms with Crippen LogP contribution in [0.2, 0.25) is 0 Å². The second-order valence-corrected chi connectivity index (χ2v) is 8.69. The summed E-state index contributed by atoms with van der Waals surface area (Å²) in [5, 5.41) is 0. The topological polar surface area (TPSA) is 26.8 Å². The molecule has 0 N–H and O–H groups in total. The van der Waals surface area contributed by atoms with Crippen LogP contribution >= 0.6 is 0 Å². The summed E-state index contributed by atoms with van der Waals surface area (Å²) in [5.74, 6) is 0.930. The molecular formula is C23H35N3O. The van der Waals surface area contributed by atoms with Gasteiger partial charge >= 0.3 is 0 Å². The molecule has 1 saturated carbocycles. The van der Waals surface area contributed by atoms with E-state index in [0.717, 1.165) is 45.2 Å². The lowest BCUT2D eigenvalue weighted by Gasteiger charge is -2.33. The molecule has 4 nitrogen and oxygen atoms in total. The minimum Gasteiger partial charge on any atom is -0.340 e. The Morgan fingerprint density at radius 3 is 2.48 bits per heavy atom. The van der Waals surface area contributed by atoms with Crippen molar-refractivity contribution in [3.63, 3.8) is 0 Å². The van der Waals surface area contributed by atoms with Crippen molar-refractivity contribution in [3.05, 3.63) is 35.9 Å². The van der Waals surface area contributed by atoms with Crippen LogP contribution in [0.1, 0.15) is 56.4 Å². The third-order valence-corrected chi connectivity index (χ3v) is 6.88. The van der Waals surface area contributed by atoms with E-state index in [4.69, 9.17) is 0 Å². The maximum Gasteiger partial charge on any atom is 0.236 e. The molecule has 4 heteroatoms. The SMILES string of the molecule is O=C(CN1CCC(c2ccccc2)C1)N1CCCN(C2CCCCC2)CC1. The molecule has 0 spiro atoms. The number of carbonyl (C=O) groups excluding carboxylic acids is 1. The van der Waals surface area contributed by atoms with Crippen LogP contribution in [0.3, 0.4) is 0 Å². The summed E-state index contributed by atoms with van der Waals surface area (Å²) in [4.78, 5) is 20.1. The molecule has 1 atom stereocenters. The molecule has 4 rings (SSSR count). The van der Waals surface area contributed by atoms with Crippen LogP contribution < -0.4 is 0 Å². The van der Waals surface area contributed by atoms with E-state index in [1.807, 2.05) is 0 Å². The molecule has 3 aliphatic rings. The predicted molar refractivity (Wildman–Crippen MR) is 110 cm³/mol. The predicted octanol–water partition coefficient (Wildman–Crippen LogP) is 3.34. The second-order valence-electron chi connectivity index (χ2n) is 8.69. The van der Waals surface area contributed by atoms with Gasteiger partial charge in [0.2, 0.25) is 5.91 Å². The standard InChI is InChI=1S/C23H35N3O/c27-23(19-24-15-12-21(18-24)20-8-3-1-4-9-20)26-14-7-13-25(16-17-26)22-10-5-2-6-11-22/h1,3-4,8-9,21-22H,2,5-7,10-19H2. The van der Waals surface area contributed by atoms with E-state index in [9.17, 15) is 4.79 Å². The lowest BCUT2D eigenvalue weighted by molar-refractivity contribution is -0.132. The quantitative estimate of drug-likeness (QED) is 0.814. The fraction of sp³-hybridized carbons (Fsp3) is 0.696. The Bertz CT molecular complexity index is 599. The van der Waals surface area contributed by atoms with Crippen LogP contribution in [-0.2, 0) is 4.79 Å². The molecule has 1 amide bonds. The number of carbonyl (C=O) groups is 1. The molecule has 148 valence electrons. The molecule has 2 heterocycles. The zero-order valence-corrected chi connectivity index (χ0v) is 16.7. The third kappa shape index (κ3) is 4.91. The summed E-state index contributed by atoms with van der Waals surface area (Å²) in [5.41, 5.74) is 1.42. The first kappa shape index (κ1) is 18.9. The van der Waals surface area contributed by atoms with Crippen LogP contribution in [0.5, 0.6) is 0 Å². The van der Waals surface area contributed by atoms with Gasteiger partial charge in [0.25, 0.3) is 0 Å². The number of amides is 1. The zero-order valence-electron chi connectivity index (χ0n) is 16.7. The third-order valence-electron chi connectivity index (χ3n) is 6.88. The minimum absolute atomic E-state index is 0.342. The maximum atomic E-state index is 12.9. The van der Waals surface area contributed by atoms with Gasteiger partial charge in [-0.05, 0) is 43.7 Å². The first-order valence-corrected chi connectivity index (χ1v) is 11.1. The van der Waals surface area contributed by atoms with Gasteiger partial charge < -0.3 is 4.90 Å². The average Bonchev–Trinajstić information content (AvgIpc) is 3.04. The fourth-order valence-corrected chi connectivity index (χ4v) is 5.26. The van der Waals surface area contributed by atoms with Gasteiger partial charge in [0, 0.05) is 38.8 Å². The molecule has 1 aliphatic carbocycles. The number of rotatable bonds is 4. The lowest BCUT2D eigenvalue weighted by atomic mass is 9.94. The Morgan fingerprint density at radius 1 is 0.852 bits per heavy atom. The van der Waals surface area contributed by atoms with Crippen LogP contribution in [-0.4, -0.2) is 72.5 Å². The van der Waals surface area contributed by atoms with Gasteiger partial charge in [-0.3, -0.25) is 14.6 Å². The van der Waals surface area contributed by atoms with Gasteiger partial charge in [0.15, 0.2) is 0 Å². The second kappa shape index (κ2) is 9.20. The number of nitrogens with zero attached hydrogens (tertiary/aromatic N) is 3. The van der Waals surface area contributed by atoms with Gasteiger partial charge in [0.1, 0.15) is 0 Å². The summed E-state index contributed by atoms with van der Waals surface area (Å²) < 4.78 is 0. The van der Waals surface area contributed by atoms with E-state index in [2.05, 4.69) is 45.0 Å². The van der Waals surface area contributed by atoms with E-state index in [1.54, 1.807) is 0 Å². The number of benzene rings is 1. The molecule has 1 unspecified atom stereocenters. The average molecular weight is 370 g/mol. The number of hydrogen-bond acceptors (Lipinski definition) is 3. The largest absolute Gasteiger partial charge is 0.340 e. The number of hydrogen-bond donors (Lipinski definition) is 0. The summed E-state index contributed by atoms with van der Waals surface area (Å²) in [6, 6.07) is 11.6. The lowest BCUT2D eigenvalue weighted by Crippen LogP contribution is -2.43. The number of likely N-dealkylation sites (tertiary alicyclic amines) is 1. The molecule has 0 bridgehead atoms. The van der Waals surface area contributed by atoms with Crippen molar-refractivity contribution in [1.82, 2.24) is 14.7 Å². The fourth-order valence-electron chi connectivity index (χ4n) is 5.26. The van der Waals surface area contributed by atoms with Crippen molar-refractivity contribution in [2.24, 2.45) is 0 Å². The van der Waals surface area contributed by atoms with Gasteiger partial charge in [-0.25, -0.2) is 0 Å². The molecule has 2 aliphatic heterocycles. The van der Waals surface area contributed by atoms with E-state index in [1.165, 1.54) is 50.6 Å². The Balaban J connectivity index is 1.25. The summed E-state index contributed by atoms with van der Waals surface area (Å²) >= 11 is 0. The Hall–Kier alpha value is -1.39. The van der Waals surface area contributed by atoms with Crippen LogP contribution in [0.15, 0.2) is 30.3 Å². The highest BCUT2D eigenvalue weighted by molar-refractivity contribution is 5.78. The zero-order chi connectivity index (χ0) is 18.5. The van der Waals surface area contributed by atoms with E-state index >= 15 is 0 Å². The van der Waals surface area contributed by atoms with Crippen molar-refractivity contribution in [1.29, 1.82) is 0 Å². The van der Waals surface area contributed by atoms with Gasteiger partial charge in [-0.2, -0.15) is 0 Å². The van der Waals surface area contributed by atoms with Gasteiger partial charge in [0.05, 0.1) is 6.54 Å². The smallest absolute Gasteiger partial charge is 0.236 e. The molecular weight excluding hydrogens is 334 g/mol. The minimum atomic E-state index is 0.342. The first-order chi connectivity index (χ1) is 13.3. The van der Waals surface area contributed by atoms with Crippen molar-refractivity contribution in [2.45, 2.75) is 56.9 Å². The Kier molecular flexibility index (Phi) is 6.46. The van der Waals surface area contributed by atoms with Crippen molar-refractivity contribution < 1.29 is 4.79 Å². The van der Waals surface area contributed by atoms with E-state index < -0.39 is 0 Å². The molecule has 3 fully saturated rings. The maximum absolute atomic E-state index is 12.9. The molecule has 1 aromatic carbocycles. The van der Waals surface area contributed by atoms with Crippen LogP contribution in [0.25, 0.3) is 0 Å². The monoisotopic (exact) mass is 369 g/mol. The van der Waals surface area contributed by atoms with Crippen molar-refractivity contribution in [2.75, 3.05) is 45.8 Å². The molecule has 2 saturated heterocycles. The normalized spacial score (nSPS) is 26.2. The van der Waals surface area contributed by atoms with Crippen LogP contribution in [0, 0.1) is 0 Å². The summed E-state index contributed by atoms with van der Waals surface area (Å²) in [6.45, 7) is 6.79. The summed E-state index contributed by atoms with van der Waals surface area (Å²) in [6.07, 6.45) is 9.23. The van der Waals surface area contributed by atoms with Gasteiger partial charge in [-0.1, -0.05) is 49.6 Å². The summed E-state index contributed by atoms with van der Waals surface area (Å²) in [7, 11) is 0. The molecule has 0 radical (unpaired) electrons. The molecule has 0 aromatic heterocycles. The van der Waals surface area contributed by atoms with Crippen LogP contribution in [0.4, 0.5) is 0 Å². The first-order valence-electron chi connectivity index (χ1n) is 11.1. The molecule has 27 heavy (non-hydrogen) atoms.